The number of benzene rings is 1. The number of piperazine rings is 1. The monoisotopic (exact) mass is 352 g/mol. The summed E-state index contributed by atoms with van der Waals surface area (Å²) in [4.78, 5) is 17.0. The Balaban J connectivity index is 1.36. The van der Waals surface area contributed by atoms with E-state index in [0.717, 1.165) is 43.0 Å². The molecule has 1 aromatic carbocycles. The minimum absolute atomic E-state index is 0.287. The van der Waals surface area contributed by atoms with Crippen LogP contribution in [-0.2, 0) is 10.5 Å². The summed E-state index contributed by atoms with van der Waals surface area (Å²) in [6, 6.07) is 8.65. The van der Waals surface area contributed by atoms with Crippen LogP contribution < -0.4 is 0 Å². The largest absolute Gasteiger partial charge is 0.339 e. The summed E-state index contributed by atoms with van der Waals surface area (Å²) in [6.45, 7) is 3.91. The predicted molar refractivity (Wildman–Crippen MR) is 98.0 cm³/mol. The zero-order valence-electron chi connectivity index (χ0n) is 13.5. The molecule has 1 aromatic rings. The fraction of sp³-hybridized carbons (Fsp3) is 0.611. The van der Waals surface area contributed by atoms with Gasteiger partial charge >= 0.3 is 0 Å². The van der Waals surface area contributed by atoms with E-state index < -0.39 is 0 Å². The number of thioether (sulfide) groups is 1. The van der Waals surface area contributed by atoms with Crippen LogP contribution in [0.4, 0.5) is 0 Å². The highest BCUT2D eigenvalue weighted by Crippen LogP contribution is 2.24. The van der Waals surface area contributed by atoms with Gasteiger partial charge in [0.05, 0.1) is 5.75 Å². The first kappa shape index (κ1) is 17.1. The van der Waals surface area contributed by atoms with Crippen LogP contribution in [0.3, 0.4) is 0 Å². The van der Waals surface area contributed by atoms with Crippen LogP contribution in [-0.4, -0.2) is 53.7 Å². The van der Waals surface area contributed by atoms with E-state index >= 15 is 0 Å². The summed E-state index contributed by atoms with van der Waals surface area (Å²) in [5.74, 6) is 1.73. The number of hydrogen-bond acceptors (Lipinski definition) is 3. The van der Waals surface area contributed by atoms with E-state index in [1.807, 2.05) is 29.2 Å². The summed E-state index contributed by atoms with van der Waals surface area (Å²) in [5, 5.41) is 0.759. The summed E-state index contributed by atoms with van der Waals surface area (Å²) < 4.78 is 0. The van der Waals surface area contributed by atoms with Crippen molar-refractivity contribution >= 4 is 29.3 Å². The third-order valence-electron chi connectivity index (χ3n) is 4.92. The van der Waals surface area contributed by atoms with Gasteiger partial charge in [0, 0.05) is 43.0 Å². The lowest BCUT2D eigenvalue weighted by Gasteiger charge is -2.38. The second kappa shape index (κ2) is 8.41. The SMILES string of the molecule is O=C(CSCc1ccc(Cl)cc1)N1CCN(C2CCCC2)CC1. The van der Waals surface area contributed by atoms with Crippen LogP contribution in [0.2, 0.25) is 5.02 Å². The molecule has 23 heavy (non-hydrogen) atoms. The van der Waals surface area contributed by atoms with Gasteiger partial charge in [-0.15, -0.1) is 11.8 Å². The van der Waals surface area contributed by atoms with Gasteiger partial charge in [-0.1, -0.05) is 36.6 Å². The van der Waals surface area contributed by atoms with E-state index in [-0.39, 0.29) is 5.91 Å². The van der Waals surface area contributed by atoms with Crippen molar-refractivity contribution < 1.29 is 4.79 Å². The molecule has 1 amide bonds. The van der Waals surface area contributed by atoms with Crippen molar-refractivity contribution in [2.24, 2.45) is 0 Å². The van der Waals surface area contributed by atoms with E-state index in [1.165, 1.54) is 31.2 Å². The highest BCUT2D eigenvalue weighted by Gasteiger charge is 2.27. The molecule has 0 spiro atoms. The number of carbonyl (C=O) groups excluding carboxylic acids is 1. The van der Waals surface area contributed by atoms with Gasteiger partial charge < -0.3 is 4.90 Å². The van der Waals surface area contributed by atoms with Crippen molar-refractivity contribution in [3.8, 4) is 0 Å². The Morgan fingerprint density at radius 1 is 1.09 bits per heavy atom. The maximum atomic E-state index is 12.3. The lowest BCUT2D eigenvalue weighted by Crippen LogP contribution is -2.51. The molecule has 2 aliphatic rings. The van der Waals surface area contributed by atoms with Crippen LogP contribution in [0, 0.1) is 0 Å². The fourth-order valence-corrected chi connectivity index (χ4v) is 4.55. The molecule has 0 bridgehead atoms. The summed E-state index contributed by atoms with van der Waals surface area (Å²) in [7, 11) is 0. The second-order valence-corrected chi connectivity index (χ2v) is 7.90. The number of amides is 1. The summed E-state index contributed by atoms with van der Waals surface area (Å²) in [6.07, 6.45) is 5.46. The van der Waals surface area contributed by atoms with Crippen LogP contribution in [0.5, 0.6) is 0 Å². The molecule has 5 heteroatoms. The first-order valence-corrected chi connectivity index (χ1v) is 10.1. The molecule has 1 heterocycles. The molecular formula is C18H25ClN2OS. The average Bonchev–Trinajstić information content (AvgIpc) is 3.11. The Morgan fingerprint density at radius 2 is 1.74 bits per heavy atom. The zero-order valence-corrected chi connectivity index (χ0v) is 15.1. The van der Waals surface area contributed by atoms with Crippen LogP contribution in [0.15, 0.2) is 24.3 Å². The predicted octanol–water partition coefficient (Wildman–Crippen LogP) is 3.66. The summed E-state index contributed by atoms with van der Waals surface area (Å²) in [5.41, 5.74) is 1.22. The van der Waals surface area contributed by atoms with E-state index in [4.69, 9.17) is 11.6 Å². The van der Waals surface area contributed by atoms with Crippen LogP contribution >= 0.6 is 23.4 Å². The van der Waals surface area contributed by atoms with E-state index in [0.29, 0.717) is 5.75 Å². The van der Waals surface area contributed by atoms with E-state index in [2.05, 4.69) is 4.90 Å². The maximum absolute atomic E-state index is 12.3. The molecule has 0 atom stereocenters. The highest BCUT2D eigenvalue weighted by molar-refractivity contribution is 7.99. The van der Waals surface area contributed by atoms with Gasteiger partial charge in [0.2, 0.25) is 5.91 Å². The smallest absolute Gasteiger partial charge is 0.232 e. The van der Waals surface area contributed by atoms with Crippen molar-refractivity contribution in [2.45, 2.75) is 37.5 Å². The van der Waals surface area contributed by atoms with Crippen molar-refractivity contribution in [1.29, 1.82) is 0 Å². The Morgan fingerprint density at radius 3 is 2.39 bits per heavy atom. The molecule has 1 saturated carbocycles. The van der Waals surface area contributed by atoms with Crippen molar-refractivity contribution in [3.05, 3.63) is 34.9 Å². The van der Waals surface area contributed by atoms with Gasteiger partial charge in [-0.25, -0.2) is 0 Å². The van der Waals surface area contributed by atoms with Crippen molar-refractivity contribution in [1.82, 2.24) is 9.80 Å². The van der Waals surface area contributed by atoms with Crippen LogP contribution in [0.25, 0.3) is 0 Å². The number of carbonyl (C=O) groups is 1. The molecule has 126 valence electrons. The lowest BCUT2D eigenvalue weighted by atomic mass is 10.2. The Hall–Kier alpha value is -0.710. The standard InChI is InChI=1S/C18H25ClN2OS/c19-16-7-5-15(6-8-16)13-23-14-18(22)21-11-9-20(10-12-21)17-3-1-2-4-17/h5-8,17H,1-4,9-14H2. The Kier molecular flexibility index (Phi) is 6.26. The fourth-order valence-electron chi connectivity index (χ4n) is 3.53. The average molecular weight is 353 g/mol. The first-order chi connectivity index (χ1) is 11.2. The normalized spacial score (nSPS) is 20.1. The minimum atomic E-state index is 0.287. The van der Waals surface area contributed by atoms with Crippen molar-refractivity contribution in [2.75, 3.05) is 31.9 Å². The van der Waals surface area contributed by atoms with Crippen molar-refractivity contribution in [3.63, 3.8) is 0 Å². The number of hydrogen-bond donors (Lipinski definition) is 0. The molecule has 0 aromatic heterocycles. The summed E-state index contributed by atoms with van der Waals surface area (Å²) >= 11 is 7.58. The first-order valence-electron chi connectivity index (χ1n) is 8.56. The van der Waals surface area contributed by atoms with Gasteiger partial charge in [0.1, 0.15) is 0 Å². The third kappa shape index (κ3) is 4.88. The molecule has 0 radical (unpaired) electrons. The molecule has 1 saturated heterocycles. The Bertz CT molecular complexity index is 508. The molecular weight excluding hydrogens is 328 g/mol. The zero-order chi connectivity index (χ0) is 16.1. The number of rotatable bonds is 5. The molecule has 0 unspecified atom stereocenters. The lowest BCUT2D eigenvalue weighted by molar-refractivity contribution is -0.130. The van der Waals surface area contributed by atoms with Gasteiger partial charge in [0.25, 0.3) is 0 Å². The molecule has 1 aliphatic carbocycles. The third-order valence-corrected chi connectivity index (χ3v) is 6.16. The Labute approximate surface area is 148 Å². The topological polar surface area (TPSA) is 23.6 Å². The quantitative estimate of drug-likeness (QED) is 0.808. The van der Waals surface area contributed by atoms with Gasteiger partial charge in [0.15, 0.2) is 0 Å². The molecule has 3 rings (SSSR count). The van der Waals surface area contributed by atoms with Gasteiger partial charge in [-0.05, 0) is 30.5 Å². The number of halogens is 1. The highest BCUT2D eigenvalue weighted by atomic mass is 35.5. The molecule has 0 N–H and O–H groups in total. The van der Waals surface area contributed by atoms with Crippen LogP contribution in [0.1, 0.15) is 31.2 Å². The molecule has 3 nitrogen and oxygen atoms in total. The second-order valence-electron chi connectivity index (χ2n) is 6.47. The van der Waals surface area contributed by atoms with E-state index in [9.17, 15) is 4.79 Å². The van der Waals surface area contributed by atoms with Gasteiger partial charge in [-0.3, -0.25) is 9.69 Å². The maximum Gasteiger partial charge on any atom is 0.232 e. The van der Waals surface area contributed by atoms with Gasteiger partial charge in [-0.2, -0.15) is 0 Å². The van der Waals surface area contributed by atoms with E-state index in [1.54, 1.807) is 11.8 Å². The number of nitrogens with zero attached hydrogens (tertiary/aromatic N) is 2. The molecule has 1 aliphatic heterocycles. The minimum Gasteiger partial charge on any atom is -0.339 e. The molecule has 2 fully saturated rings.